The van der Waals surface area contributed by atoms with E-state index in [0.29, 0.717) is 11.8 Å². The summed E-state index contributed by atoms with van der Waals surface area (Å²) in [4.78, 5) is 0. The van der Waals surface area contributed by atoms with E-state index in [4.69, 9.17) is 4.74 Å². The lowest BCUT2D eigenvalue weighted by atomic mass is 9.76. The number of fused-ring (bicyclic) bond motifs is 1. The quantitative estimate of drug-likeness (QED) is 0.588. The van der Waals surface area contributed by atoms with Crippen molar-refractivity contribution in [2.45, 2.75) is 32.3 Å². The monoisotopic (exact) mass is 192 g/mol. The van der Waals surface area contributed by atoms with Crippen LogP contribution in [0.1, 0.15) is 26.7 Å². The third kappa shape index (κ3) is 1.02. The van der Waals surface area contributed by atoms with Crippen LogP contribution >= 0.6 is 0 Å². The molecule has 0 N–H and O–H groups in total. The van der Waals surface area contributed by atoms with E-state index in [1.807, 2.05) is 0 Å². The first kappa shape index (κ1) is 8.60. The van der Waals surface area contributed by atoms with Gasteiger partial charge in [0.2, 0.25) is 0 Å². The maximum Gasteiger partial charge on any atom is 0.117 e. The smallest absolute Gasteiger partial charge is 0.117 e. The number of hydrogen-bond donors (Lipinski definition) is 0. The Morgan fingerprint density at radius 3 is 2.93 bits per heavy atom. The van der Waals surface area contributed by atoms with Crippen molar-refractivity contribution in [3.05, 3.63) is 11.3 Å². The molecule has 1 fully saturated rings. The zero-order chi connectivity index (χ0) is 9.76. The Morgan fingerprint density at radius 1 is 1.50 bits per heavy atom. The van der Waals surface area contributed by atoms with Gasteiger partial charge in [-0.1, -0.05) is 13.8 Å². The summed E-state index contributed by atoms with van der Waals surface area (Å²) >= 11 is 0. The van der Waals surface area contributed by atoms with Gasteiger partial charge in [0.25, 0.3) is 0 Å². The molecule has 0 amide bonds. The van der Waals surface area contributed by atoms with Gasteiger partial charge in [0.15, 0.2) is 0 Å². The summed E-state index contributed by atoms with van der Waals surface area (Å²) in [6, 6.07) is 0. The molecule has 3 aliphatic rings. The summed E-state index contributed by atoms with van der Waals surface area (Å²) in [6.45, 7) is 6.24. The number of epoxide rings is 1. The topological polar surface area (TPSA) is 37.2 Å². The Bertz CT molecular complexity index is 326. The highest BCUT2D eigenvalue weighted by molar-refractivity contribution is 5.36. The van der Waals surface area contributed by atoms with Gasteiger partial charge in [-0.15, -0.1) is 0 Å². The minimum atomic E-state index is 0.0875. The van der Waals surface area contributed by atoms with E-state index in [1.54, 1.807) is 0 Å². The lowest BCUT2D eigenvalue weighted by Gasteiger charge is -2.29. The van der Waals surface area contributed by atoms with Gasteiger partial charge in [0.1, 0.15) is 5.60 Å². The summed E-state index contributed by atoms with van der Waals surface area (Å²) in [6.07, 6.45) is 2.40. The molecular weight excluding hydrogens is 176 g/mol. The standard InChI is InChI=1S/C11H16N2O/c1-7(2)8-3-4-11(6-14-11)9-5-12-13-10(8)9/h7-8H,3-6H2,1-2H3. The number of ether oxygens (including phenoxy) is 1. The fraction of sp³-hybridized carbons (Fsp3) is 0.818. The van der Waals surface area contributed by atoms with Crippen molar-refractivity contribution in [2.75, 3.05) is 13.2 Å². The van der Waals surface area contributed by atoms with Gasteiger partial charge in [-0.2, -0.15) is 10.2 Å². The first-order valence-corrected chi connectivity index (χ1v) is 5.48. The lowest BCUT2D eigenvalue weighted by molar-refractivity contribution is 0.267. The minimum absolute atomic E-state index is 0.0875. The van der Waals surface area contributed by atoms with Crippen LogP contribution in [0.3, 0.4) is 0 Å². The molecule has 1 saturated heterocycles. The first-order chi connectivity index (χ1) is 6.73. The number of hydrogen-bond acceptors (Lipinski definition) is 3. The van der Waals surface area contributed by atoms with Crippen LogP contribution in [0.15, 0.2) is 21.5 Å². The Hall–Kier alpha value is -0.700. The Labute approximate surface area is 84.2 Å². The van der Waals surface area contributed by atoms with Crippen LogP contribution in [0.4, 0.5) is 0 Å². The predicted octanol–water partition coefficient (Wildman–Crippen LogP) is 2.54. The molecule has 76 valence electrons. The van der Waals surface area contributed by atoms with E-state index in [1.165, 1.54) is 24.1 Å². The van der Waals surface area contributed by atoms with E-state index in [-0.39, 0.29) is 5.60 Å². The molecule has 0 aromatic carbocycles. The van der Waals surface area contributed by atoms with Crippen molar-refractivity contribution >= 4 is 0 Å². The van der Waals surface area contributed by atoms with E-state index in [2.05, 4.69) is 24.1 Å². The molecule has 2 unspecified atom stereocenters. The third-order valence-corrected chi connectivity index (χ3v) is 3.77. The maximum absolute atomic E-state index is 5.60. The van der Waals surface area contributed by atoms with Gasteiger partial charge >= 0.3 is 0 Å². The molecule has 0 saturated carbocycles. The molecule has 14 heavy (non-hydrogen) atoms. The lowest BCUT2D eigenvalue weighted by Crippen LogP contribution is -2.27. The molecule has 2 heterocycles. The average molecular weight is 192 g/mol. The molecule has 2 aliphatic heterocycles. The summed E-state index contributed by atoms with van der Waals surface area (Å²) in [7, 11) is 0. The highest BCUT2D eigenvalue weighted by Gasteiger charge is 2.53. The number of rotatable bonds is 1. The summed E-state index contributed by atoms with van der Waals surface area (Å²) in [5.74, 6) is 1.29. The zero-order valence-electron chi connectivity index (χ0n) is 8.79. The van der Waals surface area contributed by atoms with Gasteiger partial charge in [-0.25, -0.2) is 0 Å². The molecule has 0 radical (unpaired) electrons. The van der Waals surface area contributed by atoms with Crippen LogP contribution in [-0.2, 0) is 4.74 Å². The molecule has 0 aromatic rings. The predicted molar refractivity (Wildman–Crippen MR) is 53.0 cm³/mol. The SMILES string of the molecule is CC(C)C1CCC2(CO2)C2=C1N=NC2. The van der Waals surface area contributed by atoms with Crippen LogP contribution in [0.5, 0.6) is 0 Å². The molecular formula is C11H16N2O. The number of allylic oxidation sites excluding steroid dienone is 1. The molecule has 3 rings (SSSR count). The van der Waals surface area contributed by atoms with Crippen LogP contribution in [0, 0.1) is 11.8 Å². The fourth-order valence-corrected chi connectivity index (χ4v) is 2.73. The van der Waals surface area contributed by atoms with Crippen molar-refractivity contribution in [3.63, 3.8) is 0 Å². The fourth-order valence-electron chi connectivity index (χ4n) is 2.73. The van der Waals surface area contributed by atoms with Crippen molar-refractivity contribution in [3.8, 4) is 0 Å². The first-order valence-electron chi connectivity index (χ1n) is 5.48. The summed E-state index contributed by atoms with van der Waals surface area (Å²) in [5, 5.41) is 8.49. The second-order valence-electron chi connectivity index (χ2n) is 4.94. The zero-order valence-corrected chi connectivity index (χ0v) is 8.79. The van der Waals surface area contributed by atoms with Gasteiger partial charge in [0.05, 0.1) is 18.8 Å². The molecule has 3 heteroatoms. The molecule has 3 nitrogen and oxygen atoms in total. The van der Waals surface area contributed by atoms with Crippen LogP contribution < -0.4 is 0 Å². The Balaban J connectivity index is 1.99. The van der Waals surface area contributed by atoms with Crippen LogP contribution in [0.25, 0.3) is 0 Å². The van der Waals surface area contributed by atoms with Crippen LogP contribution in [-0.4, -0.2) is 18.8 Å². The van der Waals surface area contributed by atoms with E-state index in [9.17, 15) is 0 Å². The summed E-state index contributed by atoms with van der Waals surface area (Å²) < 4.78 is 5.60. The van der Waals surface area contributed by atoms with Gasteiger partial charge in [0, 0.05) is 11.5 Å². The van der Waals surface area contributed by atoms with Crippen LogP contribution in [0.2, 0.25) is 0 Å². The second-order valence-corrected chi connectivity index (χ2v) is 4.94. The largest absolute Gasteiger partial charge is 0.365 e. The van der Waals surface area contributed by atoms with Gasteiger partial charge in [-0.05, 0) is 18.8 Å². The van der Waals surface area contributed by atoms with Gasteiger partial charge < -0.3 is 4.74 Å². The van der Waals surface area contributed by atoms with E-state index >= 15 is 0 Å². The van der Waals surface area contributed by atoms with Crippen molar-refractivity contribution in [1.82, 2.24) is 0 Å². The van der Waals surface area contributed by atoms with Crippen molar-refractivity contribution in [1.29, 1.82) is 0 Å². The van der Waals surface area contributed by atoms with E-state index < -0.39 is 0 Å². The summed E-state index contributed by atoms with van der Waals surface area (Å²) in [5.41, 5.74) is 2.73. The Kier molecular flexibility index (Phi) is 1.63. The number of azo groups is 1. The Morgan fingerprint density at radius 2 is 2.29 bits per heavy atom. The van der Waals surface area contributed by atoms with Gasteiger partial charge in [-0.3, -0.25) is 0 Å². The number of nitrogens with zero attached hydrogens (tertiary/aromatic N) is 2. The third-order valence-electron chi connectivity index (χ3n) is 3.77. The maximum atomic E-state index is 5.60. The molecule has 0 aromatic heterocycles. The minimum Gasteiger partial charge on any atom is -0.365 e. The van der Waals surface area contributed by atoms with Crippen molar-refractivity contribution in [2.24, 2.45) is 22.1 Å². The van der Waals surface area contributed by atoms with Crippen molar-refractivity contribution < 1.29 is 4.74 Å². The highest BCUT2D eigenvalue weighted by Crippen LogP contribution is 2.51. The molecule has 0 bridgehead atoms. The molecule has 2 atom stereocenters. The second kappa shape index (κ2) is 2.66. The van der Waals surface area contributed by atoms with E-state index in [0.717, 1.165) is 13.2 Å². The normalized spacial score (nSPS) is 39.8. The molecule has 1 spiro atoms. The molecule has 1 aliphatic carbocycles. The highest BCUT2D eigenvalue weighted by atomic mass is 16.6. The average Bonchev–Trinajstić information content (AvgIpc) is 2.75.